The summed E-state index contributed by atoms with van der Waals surface area (Å²) in [7, 11) is 0. The fourth-order valence-electron chi connectivity index (χ4n) is 0.698. The lowest BCUT2D eigenvalue weighted by atomic mass is 9.93. The van der Waals surface area contributed by atoms with E-state index in [4.69, 9.17) is 0 Å². The third-order valence-corrected chi connectivity index (χ3v) is 2.28. The van der Waals surface area contributed by atoms with Gasteiger partial charge in [-0.25, -0.2) is 4.99 Å². The van der Waals surface area contributed by atoms with Gasteiger partial charge >= 0.3 is 0 Å². The first-order valence-corrected chi connectivity index (χ1v) is 3.53. The van der Waals surface area contributed by atoms with E-state index < -0.39 is 0 Å². The van der Waals surface area contributed by atoms with Gasteiger partial charge in [-0.2, -0.15) is 0 Å². The van der Waals surface area contributed by atoms with Crippen LogP contribution in [0.5, 0.6) is 0 Å². The summed E-state index contributed by atoms with van der Waals surface area (Å²) in [5.74, 6) is 0. The minimum Gasteiger partial charge on any atom is -0.210 e. The highest BCUT2D eigenvalue weighted by atomic mass is 32.1. The monoisotopic (exact) mass is 157 g/mol. The minimum absolute atomic E-state index is 0.304. The molecule has 0 fully saturated rings. The molecule has 0 aromatic heterocycles. The molecule has 1 aliphatic carbocycles. The Balaban J connectivity index is 2.80. The van der Waals surface area contributed by atoms with Crippen molar-refractivity contribution < 1.29 is 0 Å². The van der Waals surface area contributed by atoms with Crippen LogP contribution in [0.2, 0.25) is 0 Å². The zero-order valence-electron chi connectivity index (χ0n) is 5.09. The summed E-state index contributed by atoms with van der Waals surface area (Å²) >= 11 is 8.74. The molecule has 0 amide bonds. The molecule has 0 bridgehead atoms. The minimum atomic E-state index is -0.304. The molecule has 0 radical (unpaired) electrons. The highest BCUT2D eigenvalue weighted by Crippen LogP contribution is 2.38. The molecule has 0 saturated carbocycles. The van der Waals surface area contributed by atoms with Gasteiger partial charge in [0.15, 0.2) is 0 Å². The number of aliphatic imine (C=N–C) groups is 1. The smallest absolute Gasteiger partial charge is 0.138 e. The van der Waals surface area contributed by atoms with Crippen LogP contribution in [-0.2, 0) is 0 Å². The van der Waals surface area contributed by atoms with Crippen molar-refractivity contribution in [3.05, 3.63) is 11.6 Å². The Hall–Kier alpha value is -0.110. The Morgan fingerprint density at radius 3 is 2.78 bits per heavy atom. The van der Waals surface area contributed by atoms with E-state index in [1.165, 1.54) is 5.57 Å². The highest BCUT2D eigenvalue weighted by Gasteiger charge is 2.32. The van der Waals surface area contributed by atoms with Crippen molar-refractivity contribution in [2.75, 3.05) is 0 Å². The van der Waals surface area contributed by atoms with Crippen LogP contribution in [0.25, 0.3) is 0 Å². The second kappa shape index (κ2) is 2.25. The second-order valence-corrected chi connectivity index (χ2v) is 3.03. The molecule has 1 aliphatic rings. The summed E-state index contributed by atoms with van der Waals surface area (Å²) in [5, 5.41) is 2.33. The Kier molecular flexibility index (Phi) is 1.75. The van der Waals surface area contributed by atoms with Crippen molar-refractivity contribution in [3.8, 4) is 0 Å². The van der Waals surface area contributed by atoms with Crippen molar-refractivity contribution in [2.24, 2.45) is 4.99 Å². The average molecular weight is 157 g/mol. The molecule has 0 N–H and O–H groups in total. The topological polar surface area (TPSA) is 12.4 Å². The van der Waals surface area contributed by atoms with Gasteiger partial charge in [-0.15, -0.1) is 12.6 Å². The number of hydrogen-bond acceptors (Lipinski definition) is 3. The molecule has 0 aromatic carbocycles. The number of hydrogen-bond donors (Lipinski definition) is 1. The number of thiocarbonyl (C=S) groups is 1. The molecule has 0 spiro atoms. The van der Waals surface area contributed by atoms with Crippen LogP contribution >= 0.6 is 24.8 Å². The quantitative estimate of drug-likeness (QED) is 0.266. The molecule has 9 heavy (non-hydrogen) atoms. The lowest BCUT2D eigenvalue weighted by Crippen LogP contribution is -2.26. The van der Waals surface area contributed by atoms with Gasteiger partial charge in [0.25, 0.3) is 0 Å². The van der Waals surface area contributed by atoms with Crippen molar-refractivity contribution in [2.45, 2.75) is 18.2 Å². The van der Waals surface area contributed by atoms with Gasteiger partial charge in [-0.3, -0.25) is 0 Å². The number of rotatable bonds is 1. The summed E-state index contributed by atoms with van der Waals surface area (Å²) in [6.45, 7) is 1.99. The van der Waals surface area contributed by atoms with Crippen LogP contribution in [-0.4, -0.2) is 10.0 Å². The summed E-state index contributed by atoms with van der Waals surface area (Å²) < 4.78 is 0. The summed E-state index contributed by atoms with van der Waals surface area (Å²) in [5.41, 5.74) is 1.17. The molecular weight excluding hydrogens is 150 g/mol. The first kappa shape index (κ1) is 7.00. The first-order chi connectivity index (χ1) is 4.19. The maximum Gasteiger partial charge on any atom is 0.138 e. The first-order valence-electron chi connectivity index (χ1n) is 2.68. The van der Waals surface area contributed by atoms with Gasteiger partial charge in [0.1, 0.15) is 4.87 Å². The van der Waals surface area contributed by atoms with Gasteiger partial charge in [-0.05, 0) is 24.7 Å². The van der Waals surface area contributed by atoms with E-state index >= 15 is 0 Å². The van der Waals surface area contributed by atoms with Crippen molar-refractivity contribution in [1.29, 1.82) is 0 Å². The standard InChI is InChI=1S/C6H7NS2/c1-5-2-3-6(5,9)7-4-8/h2,9H,3H2,1H3. The van der Waals surface area contributed by atoms with Gasteiger partial charge in [-0.1, -0.05) is 6.08 Å². The predicted molar refractivity (Wildman–Crippen MR) is 45.1 cm³/mol. The molecule has 1 rings (SSSR count). The van der Waals surface area contributed by atoms with Gasteiger partial charge in [0.2, 0.25) is 0 Å². The Morgan fingerprint density at radius 1 is 2.00 bits per heavy atom. The average Bonchev–Trinajstić information content (AvgIpc) is 1.86. The van der Waals surface area contributed by atoms with Crippen molar-refractivity contribution in [1.82, 2.24) is 0 Å². The zero-order valence-corrected chi connectivity index (χ0v) is 6.80. The Morgan fingerprint density at radius 2 is 2.67 bits per heavy atom. The molecule has 1 unspecified atom stereocenters. The van der Waals surface area contributed by atoms with E-state index in [-0.39, 0.29) is 4.87 Å². The lowest BCUT2D eigenvalue weighted by Gasteiger charge is -2.30. The van der Waals surface area contributed by atoms with Crippen LogP contribution in [0.15, 0.2) is 16.6 Å². The normalized spacial score (nSPS) is 32.0. The zero-order chi connectivity index (χ0) is 6.91. The molecule has 1 atom stereocenters. The third-order valence-electron chi connectivity index (χ3n) is 1.56. The highest BCUT2D eigenvalue weighted by molar-refractivity contribution is 7.82. The van der Waals surface area contributed by atoms with E-state index in [2.05, 4.69) is 41.1 Å². The van der Waals surface area contributed by atoms with E-state index in [1.807, 2.05) is 6.92 Å². The molecule has 3 heteroatoms. The van der Waals surface area contributed by atoms with Crippen LogP contribution in [0.1, 0.15) is 13.3 Å². The van der Waals surface area contributed by atoms with Gasteiger partial charge in [0, 0.05) is 6.42 Å². The maximum absolute atomic E-state index is 4.46. The number of nitrogens with zero attached hydrogens (tertiary/aromatic N) is 1. The Labute approximate surface area is 65.3 Å². The van der Waals surface area contributed by atoms with E-state index in [9.17, 15) is 0 Å². The maximum atomic E-state index is 4.46. The molecule has 1 nitrogen and oxygen atoms in total. The van der Waals surface area contributed by atoms with Gasteiger partial charge in [0.05, 0.1) is 5.16 Å². The van der Waals surface area contributed by atoms with Gasteiger partial charge < -0.3 is 0 Å². The third kappa shape index (κ3) is 1.08. The van der Waals surface area contributed by atoms with Crippen LogP contribution in [0.3, 0.4) is 0 Å². The summed E-state index contributed by atoms with van der Waals surface area (Å²) in [6, 6.07) is 0. The predicted octanol–water partition coefficient (Wildman–Crippen LogP) is 2.07. The largest absolute Gasteiger partial charge is 0.210 e. The Bertz CT molecular complexity index is 203. The van der Waals surface area contributed by atoms with E-state index in [0.717, 1.165) is 6.42 Å². The number of isothiocyanates is 1. The molecule has 0 heterocycles. The van der Waals surface area contributed by atoms with E-state index in [0.29, 0.717) is 0 Å². The number of thiol groups is 1. The molecule has 0 aliphatic heterocycles. The molecule has 0 saturated heterocycles. The SMILES string of the molecule is CC1=CCC1(S)N=C=S. The lowest BCUT2D eigenvalue weighted by molar-refractivity contribution is 0.662. The van der Waals surface area contributed by atoms with E-state index in [1.54, 1.807) is 0 Å². The second-order valence-electron chi connectivity index (χ2n) is 2.11. The molecular formula is C6H7NS2. The summed E-state index contributed by atoms with van der Waals surface area (Å²) in [6.07, 6.45) is 2.97. The molecule has 48 valence electrons. The van der Waals surface area contributed by atoms with Crippen LogP contribution in [0.4, 0.5) is 0 Å². The fourth-order valence-corrected chi connectivity index (χ4v) is 1.15. The fraction of sp³-hybridized carbons (Fsp3) is 0.500. The molecule has 0 aromatic rings. The van der Waals surface area contributed by atoms with Crippen molar-refractivity contribution in [3.63, 3.8) is 0 Å². The van der Waals surface area contributed by atoms with Crippen molar-refractivity contribution >= 4 is 30.0 Å². The van der Waals surface area contributed by atoms with Crippen LogP contribution < -0.4 is 0 Å². The van der Waals surface area contributed by atoms with Crippen LogP contribution in [0, 0.1) is 0 Å². The summed E-state index contributed by atoms with van der Waals surface area (Å²) in [4.78, 5) is 3.60.